The van der Waals surface area contributed by atoms with Crippen molar-refractivity contribution in [3.05, 3.63) is 167 Å². The van der Waals surface area contributed by atoms with Crippen molar-refractivity contribution >= 4 is 59.3 Å². The summed E-state index contributed by atoms with van der Waals surface area (Å²) < 4.78 is 0. The Balaban J connectivity index is 1.51. The summed E-state index contributed by atoms with van der Waals surface area (Å²) >= 11 is 7.68. The van der Waals surface area contributed by atoms with Gasteiger partial charge in [-0.2, -0.15) is 0 Å². The quantitative estimate of drug-likeness (QED) is 0.149. The molecule has 8 rings (SSSR count). The third-order valence-corrected chi connectivity index (χ3v) is 15.3. The second kappa shape index (κ2) is 13.9. The fourth-order valence-electron chi connectivity index (χ4n) is 7.77. The van der Waals surface area contributed by atoms with Crippen LogP contribution in [0.2, 0.25) is 5.02 Å². The monoisotopic (exact) mass is 664 g/mol. The Hall–Kier alpha value is -3.53. The predicted octanol–water partition coefficient (Wildman–Crippen LogP) is 9.28. The number of fused-ring (bicyclic) bond motifs is 2. The van der Waals surface area contributed by atoms with Gasteiger partial charge in [-0.15, -0.1) is 0 Å². The number of benzene rings is 6. The van der Waals surface area contributed by atoms with Crippen molar-refractivity contribution in [1.82, 2.24) is 0 Å². The van der Waals surface area contributed by atoms with Crippen LogP contribution >= 0.6 is 27.4 Å². The van der Waals surface area contributed by atoms with Gasteiger partial charge in [-0.25, -0.2) is 0 Å². The van der Waals surface area contributed by atoms with Crippen molar-refractivity contribution in [2.24, 2.45) is 0 Å². The van der Waals surface area contributed by atoms with Crippen LogP contribution in [0.5, 0.6) is 0 Å². The lowest BCUT2D eigenvalue weighted by atomic mass is 9.81. The number of aryl methyl sites for hydroxylation is 2. The fourth-order valence-corrected chi connectivity index (χ4v) is 13.2. The van der Waals surface area contributed by atoms with Gasteiger partial charge in [0.25, 0.3) is 0 Å². The lowest BCUT2D eigenvalue weighted by molar-refractivity contribution is 0.682. The van der Waals surface area contributed by atoms with Gasteiger partial charge in [0, 0.05) is 10.3 Å². The first-order valence-electron chi connectivity index (χ1n) is 17.1. The second-order valence-electron chi connectivity index (χ2n) is 12.7. The smallest absolute Gasteiger partial charge is 0.0498 e. The van der Waals surface area contributed by atoms with Gasteiger partial charge < -0.3 is 0 Å². The van der Waals surface area contributed by atoms with Crippen molar-refractivity contribution in [3.63, 3.8) is 0 Å². The van der Waals surface area contributed by atoms with Crippen LogP contribution in [0, 0.1) is 0 Å². The molecular weight excluding hydrogens is 626 g/mol. The molecule has 0 unspecified atom stereocenters. The number of rotatable bonds is 7. The maximum Gasteiger partial charge on any atom is 0.0498 e. The SMILES string of the molecule is Clc1cc2c(c(-c3c(P(c4ccccc4)c4ccccc4)ccc4c3CCCC4)c1P(c1ccccc1)c1ccccc1)CCCC2. The van der Waals surface area contributed by atoms with Gasteiger partial charge in [0.2, 0.25) is 0 Å². The molecule has 47 heavy (non-hydrogen) atoms. The summed E-state index contributed by atoms with van der Waals surface area (Å²) in [4.78, 5) is 0. The summed E-state index contributed by atoms with van der Waals surface area (Å²) in [6, 6.07) is 52.2. The molecule has 0 radical (unpaired) electrons. The highest BCUT2D eigenvalue weighted by Crippen LogP contribution is 2.48. The van der Waals surface area contributed by atoms with E-state index in [0.717, 1.165) is 30.7 Å². The number of hydrogen-bond acceptors (Lipinski definition) is 0. The summed E-state index contributed by atoms with van der Waals surface area (Å²) in [5.74, 6) is 0. The lowest BCUT2D eigenvalue weighted by Crippen LogP contribution is -2.29. The molecule has 0 bridgehead atoms. The van der Waals surface area contributed by atoms with Crippen LogP contribution in [0.25, 0.3) is 11.1 Å². The third kappa shape index (κ3) is 6.02. The van der Waals surface area contributed by atoms with E-state index in [-0.39, 0.29) is 0 Å². The van der Waals surface area contributed by atoms with Crippen molar-refractivity contribution in [3.8, 4) is 11.1 Å². The van der Waals surface area contributed by atoms with E-state index in [1.165, 1.54) is 79.8 Å². The summed E-state index contributed by atoms with van der Waals surface area (Å²) in [5, 5.41) is 9.26. The van der Waals surface area contributed by atoms with E-state index < -0.39 is 15.8 Å². The zero-order valence-electron chi connectivity index (χ0n) is 26.7. The molecule has 0 amide bonds. The Morgan fingerprint density at radius 3 is 1.34 bits per heavy atom. The van der Waals surface area contributed by atoms with Crippen LogP contribution < -0.4 is 31.8 Å². The van der Waals surface area contributed by atoms with E-state index in [2.05, 4.69) is 140 Å². The molecule has 0 aliphatic heterocycles. The molecular formula is C44H39ClP2. The van der Waals surface area contributed by atoms with E-state index in [9.17, 15) is 0 Å². The molecule has 0 heterocycles. The van der Waals surface area contributed by atoms with Gasteiger partial charge in [0.15, 0.2) is 0 Å². The molecule has 0 nitrogen and oxygen atoms in total. The molecule has 0 atom stereocenters. The highest BCUT2D eigenvalue weighted by molar-refractivity contribution is 7.81. The Bertz CT molecular complexity index is 1910. The molecule has 6 aromatic carbocycles. The van der Waals surface area contributed by atoms with Gasteiger partial charge in [0.1, 0.15) is 0 Å². The normalized spacial score (nSPS) is 14.2. The van der Waals surface area contributed by atoms with E-state index in [4.69, 9.17) is 11.6 Å². The minimum absolute atomic E-state index is 0.805. The van der Waals surface area contributed by atoms with Crippen molar-refractivity contribution < 1.29 is 0 Å². The molecule has 0 saturated heterocycles. The highest BCUT2D eigenvalue weighted by atomic mass is 35.5. The van der Waals surface area contributed by atoms with Crippen LogP contribution in [0.3, 0.4) is 0 Å². The molecule has 0 spiro atoms. The molecule has 6 aromatic rings. The van der Waals surface area contributed by atoms with Gasteiger partial charge in [-0.1, -0.05) is 145 Å². The van der Waals surface area contributed by atoms with Crippen molar-refractivity contribution in [1.29, 1.82) is 0 Å². The molecule has 0 N–H and O–H groups in total. The average molecular weight is 665 g/mol. The standard InChI is InChI=1S/C44H39ClP2/c45-40-31-33-18-14-16-28-39(33)43(44(40)47(36-23-9-3-10-24-36)37-25-11-4-12-26-37)42-38-27-15-13-17-32(38)29-30-41(42)46(34-19-5-1-6-20-34)35-21-7-2-8-22-35/h1-12,19-26,29-31H,13-18,27-28H2. The van der Waals surface area contributed by atoms with Crippen LogP contribution in [0.1, 0.15) is 47.9 Å². The zero-order valence-corrected chi connectivity index (χ0v) is 29.3. The van der Waals surface area contributed by atoms with Crippen LogP contribution in [-0.4, -0.2) is 0 Å². The third-order valence-electron chi connectivity index (χ3n) is 9.86. The summed E-state index contributed by atoms with van der Waals surface area (Å²) in [5.41, 5.74) is 9.06. The predicted molar refractivity (Wildman–Crippen MR) is 208 cm³/mol. The molecule has 0 fully saturated rings. The first kappa shape index (κ1) is 30.8. The van der Waals surface area contributed by atoms with Crippen LogP contribution in [0.15, 0.2) is 140 Å². The summed E-state index contributed by atoms with van der Waals surface area (Å²) in [7, 11) is -1.71. The molecule has 2 aliphatic carbocycles. The van der Waals surface area contributed by atoms with Gasteiger partial charge in [-0.3, -0.25) is 0 Å². The van der Waals surface area contributed by atoms with Gasteiger partial charge >= 0.3 is 0 Å². The Morgan fingerprint density at radius 2 is 0.830 bits per heavy atom. The van der Waals surface area contributed by atoms with Crippen molar-refractivity contribution in [2.75, 3.05) is 0 Å². The Morgan fingerprint density at radius 1 is 0.404 bits per heavy atom. The Kier molecular flexibility index (Phi) is 9.11. The lowest BCUT2D eigenvalue weighted by Gasteiger charge is -2.33. The Labute approximate surface area is 287 Å². The van der Waals surface area contributed by atoms with Crippen molar-refractivity contribution in [2.45, 2.75) is 51.4 Å². The maximum atomic E-state index is 7.68. The minimum atomic E-state index is -0.905. The minimum Gasteiger partial charge on any atom is -0.0836 e. The molecule has 232 valence electrons. The average Bonchev–Trinajstić information content (AvgIpc) is 3.14. The second-order valence-corrected chi connectivity index (χ2v) is 17.5. The number of halogens is 1. The largest absolute Gasteiger partial charge is 0.0836 e. The maximum absolute atomic E-state index is 7.68. The zero-order chi connectivity index (χ0) is 31.6. The molecule has 3 heteroatoms. The van der Waals surface area contributed by atoms with E-state index in [1.54, 1.807) is 11.1 Å². The molecule has 0 saturated carbocycles. The van der Waals surface area contributed by atoms with E-state index >= 15 is 0 Å². The number of hydrogen-bond donors (Lipinski definition) is 0. The summed E-state index contributed by atoms with van der Waals surface area (Å²) in [6.07, 6.45) is 9.46. The molecule has 0 aromatic heterocycles. The van der Waals surface area contributed by atoms with Gasteiger partial charge in [0.05, 0.1) is 0 Å². The van der Waals surface area contributed by atoms with E-state index in [0.29, 0.717) is 0 Å². The topological polar surface area (TPSA) is 0 Å². The first-order valence-corrected chi connectivity index (χ1v) is 20.1. The van der Waals surface area contributed by atoms with Crippen LogP contribution in [-0.2, 0) is 25.7 Å². The van der Waals surface area contributed by atoms with E-state index in [1.807, 2.05) is 0 Å². The fraction of sp³-hybridized carbons (Fsp3) is 0.182. The molecule has 2 aliphatic rings. The van der Waals surface area contributed by atoms with Gasteiger partial charge in [-0.05, 0) is 133 Å². The summed E-state index contributed by atoms with van der Waals surface area (Å²) in [6.45, 7) is 0. The highest BCUT2D eigenvalue weighted by Gasteiger charge is 2.33. The first-order chi connectivity index (χ1) is 23.3. The van der Waals surface area contributed by atoms with Crippen LogP contribution in [0.4, 0.5) is 0 Å².